The Hall–Kier alpha value is -3.92. The summed E-state index contributed by atoms with van der Waals surface area (Å²) in [6, 6.07) is 19.3. The first-order valence-corrected chi connectivity index (χ1v) is 13.3. The number of aromatic nitrogens is 2. The summed E-state index contributed by atoms with van der Waals surface area (Å²) in [5.41, 5.74) is 7.43. The third-order valence-electron chi connectivity index (χ3n) is 6.76. The van der Waals surface area contributed by atoms with Gasteiger partial charge in [0.2, 0.25) is 0 Å². The number of aryl methyl sites for hydroxylation is 1. The minimum atomic E-state index is 0.442. The van der Waals surface area contributed by atoms with Crippen LogP contribution in [-0.2, 0) is 0 Å². The highest BCUT2D eigenvalue weighted by molar-refractivity contribution is 5.91. The molecule has 4 rings (SSSR count). The molecule has 2 aromatic heterocycles. The van der Waals surface area contributed by atoms with E-state index in [0.29, 0.717) is 6.04 Å². The summed E-state index contributed by atoms with van der Waals surface area (Å²) in [7, 11) is 0. The molecule has 37 heavy (non-hydrogen) atoms. The highest BCUT2D eigenvalue weighted by atomic mass is 15.0. The Balaban J connectivity index is 1.72. The summed E-state index contributed by atoms with van der Waals surface area (Å²) in [6.07, 6.45) is 12.7. The monoisotopic (exact) mass is 490 g/mol. The summed E-state index contributed by atoms with van der Waals surface area (Å²) in [5.74, 6) is 0.926. The van der Waals surface area contributed by atoms with Crippen molar-refractivity contribution in [2.24, 2.45) is 0 Å². The molecule has 1 aromatic carbocycles. The van der Waals surface area contributed by atoms with E-state index in [0.717, 1.165) is 75.9 Å². The van der Waals surface area contributed by atoms with Crippen LogP contribution in [0, 0.1) is 6.92 Å². The van der Waals surface area contributed by atoms with Crippen LogP contribution in [0.3, 0.4) is 0 Å². The van der Waals surface area contributed by atoms with Crippen molar-refractivity contribution >= 4 is 35.3 Å². The lowest BCUT2D eigenvalue weighted by Crippen LogP contribution is -2.24. The molecule has 0 aliphatic carbocycles. The number of anilines is 1. The van der Waals surface area contributed by atoms with Gasteiger partial charge in [0.15, 0.2) is 0 Å². The average Bonchev–Trinajstić information content (AvgIpc) is 2.92. The molecular formula is C33H38N4. The van der Waals surface area contributed by atoms with Gasteiger partial charge in [-0.15, -0.1) is 0 Å². The summed E-state index contributed by atoms with van der Waals surface area (Å²) < 4.78 is 0. The van der Waals surface area contributed by atoms with Crippen LogP contribution < -0.4 is 21.1 Å². The molecule has 1 atom stereocenters. The van der Waals surface area contributed by atoms with Crippen LogP contribution in [0.25, 0.3) is 29.5 Å². The van der Waals surface area contributed by atoms with Crippen molar-refractivity contribution in [1.29, 1.82) is 0 Å². The van der Waals surface area contributed by atoms with Crippen molar-refractivity contribution in [3.05, 3.63) is 106 Å². The van der Waals surface area contributed by atoms with Crippen molar-refractivity contribution in [2.45, 2.75) is 59.4 Å². The minimum absolute atomic E-state index is 0.442. The second kappa shape index (κ2) is 12.4. The Labute approximate surface area is 221 Å². The van der Waals surface area contributed by atoms with Crippen molar-refractivity contribution < 1.29 is 0 Å². The van der Waals surface area contributed by atoms with Gasteiger partial charge in [-0.05, 0) is 103 Å². The van der Waals surface area contributed by atoms with E-state index in [-0.39, 0.29) is 0 Å². The van der Waals surface area contributed by atoms with Crippen LogP contribution >= 0.6 is 0 Å². The molecule has 1 aliphatic rings. The highest BCUT2D eigenvalue weighted by Gasteiger charge is 2.14. The van der Waals surface area contributed by atoms with Crippen molar-refractivity contribution in [3.63, 3.8) is 0 Å². The summed E-state index contributed by atoms with van der Waals surface area (Å²) in [6.45, 7) is 12.8. The first-order chi connectivity index (χ1) is 18.0. The van der Waals surface area contributed by atoms with Gasteiger partial charge in [0.25, 0.3) is 0 Å². The highest BCUT2D eigenvalue weighted by Crippen LogP contribution is 2.28. The Kier molecular flexibility index (Phi) is 8.73. The van der Waals surface area contributed by atoms with E-state index in [2.05, 4.69) is 105 Å². The molecule has 2 N–H and O–H groups in total. The van der Waals surface area contributed by atoms with Crippen molar-refractivity contribution in [2.75, 3.05) is 5.32 Å². The number of dihydropyridines is 1. The van der Waals surface area contributed by atoms with E-state index in [9.17, 15) is 0 Å². The molecule has 0 fully saturated rings. The number of nitrogens with one attached hydrogen (secondary N) is 2. The second-order valence-corrected chi connectivity index (χ2v) is 9.52. The number of nitrogens with zero attached hydrogens (tertiary/aromatic N) is 2. The Morgan fingerprint density at radius 2 is 1.95 bits per heavy atom. The number of benzene rings is 1. The van der Waals surface area contributed by atoms with Gasteiger partial charge in [0.1, 0.15) is 5.82 Å². The lowest BCUT2D eigenvalue weighted by molar-refractivity contribution is 0.620. The van der Waals surface area contributed by atoms with Crippen LogP contribution in [0.2, 0.25) is 0 Å². The van der Waals surface area contributed by atoms with Crippen LogP contribution in [0.4, 0.5) is 5.82 Å². The van der Waals surface area contributed by atoms with Gasteiger partial charge in [0.05, 0.1) is 17.1 Å². The molecule has 0 radical (unpaired) electrons. The van der Waals surface area contributed by atoms with E-state index in [1.165, 1.54) is 5.57 Å². The molecule has 1 aliphatic heterocycles. The van der Waals surface area contributed by atoms with E-state index in [1.54, 1.807) is 0 Å². The number of hydrogen-bond acceptors (Lipinski definition) is 4. The maximum atomic E-state index is 4.94. The smallest absolute Gasteiger partial charge is 0.126 e. The minimum Gasteiger partial charge on any atom is -0.367 e. The van der Waals surface area contributed by atoms with Crippen LogP contribution in [0.5, 0.6) is 0 Å². The zero-order valence-electron chi connectivity index (χ0n) is 22.5. The number of pyridine rings is 2. The van der Waals surface area contributed by atoms with E-state index >= 15 is 0 Å². The fourth-order valence-corrected chi connectivity index (χ4v) is 4.68. The Bertz CT molecular complexity index is 1450. The molecule has 4 nitrogen and oxygen atoms in total. The maximum Gasteiger partial charge on any atom is 0.126 e. The van der Waals surface area contributed by atoms with Crippen LogP contribution in [0.15, 0.2) is 72.9 Å². The van der Waals surface area contributed by atoms with Gasteiger partial charge in [-0.3, -0.25) is 4.98 Å². The van der Waals surface area contributed by atoms with Gasteiger partial charge in [-0.1, -0.05) is 63.3 Å². The molecule has 3 heterocycles. The summed E-state index contributed by atoms with van der Waals surface area (Å²) in [4.78, 5) is 9.71. The molecule has 3 aromatic rings. The zero-order valence-corrected chi connectivity index (χ0v) is 22.5. The number of rotatable bonds is 9. The standard InChI is InChI=1S/C33H38N4/c1-6-12-28(8-3)36-32-17-10-15-30(37-32)25(7-2)21-27-22-26(19-18-23(27)4)29-14-11-20-34-33(29)31-16-9-13-24(5)35-31/h7,9-11,13,15-22,28,34H,4,6,8,12,14H2,1-3,5H3,(H,36,37)/b25-7+,27-21-. The van der Waals surface area contributed by atoms with Gasteiger partial charge in [0, 0.05) is 11.7 Å². The fraction of sp³-hybridized carbons (Fsp3) is 0.273. The van der Waals surface area contributed by atoms with Gasteiger partial charge >= 0.3 is 0 Å². The van der Waals surface area contributed by atoms with E-state index < -0.39 is 0 Å². The molecule has 0 spiro atoms. The second-order valence-electron chi connectivity index (χ2n) is 9.52. The lowest BCUT2D eigenvalue weighted by Gasteiger charge is -2.19. The summed E-state index contributed by atoms with van der Waals surface area (Å²) >= 11 is 0. The molecule has 0 bridgehead atoms. The average molecular weight is 491 g/mol. The van der Waals surface area contributed by atoms with Crippen molar-refractivity contribution in [1.82, 2.24) is 15.3 Å². The molecular weight excluding hydrogens is 452 g/mol. The zero-order chi connectivity index (χ0) is 26.2. The van der Waals surface area contributed by atoms with Crippen LogP contribution in [-0.4, -0.2) is 16.0 Å². The summed E-state index contributed by atoms with van der Waals surface area (Å²) in [5, 5.41) is 9.12. The van der Waals surface area contributed by atoms with Gasteiger partial charge < -0.3 is 10.6 Å². The molecule has 1 unspecified atom stereocenters. The molecule has 190 valence electrons. The Morgan fingerprint density at radius 1 is 1.11 bits per heavy atom. The Morgan fingerprint density at radius 3 is 2.70 bits per heavy atom. The lowest BCUT2D eigenvalue weighted by atomic mass is 9.95. The first-order valence-electron chi connectivity index (χ1n) is 13.3. The molecule has 0 amide bonds. The number of allylic oxidation sites excluding steroid dienone is 4. The SMILES string of the molecule is C=c1ccc(C2=C(c3cccc(C)n3)NC=CC2)c/c1=C/C(=C\C)c1cccc(NC(CC)CCC)n1. The van der Waals surface area contributed by atoms with Crippen LogP contribution in [0.1, 0.15) is 69.1 Å². The fourth-order valence-electron chi connectivity index (χ4n) is 4.68. The van der Waals surface area contributed by atoms with Crippen molar-refractivity contribution in [3.8, 4) is 0 Å². The molecule has 0 saturated carbocycles. The van der Waals surface area contributed by atoms with Gasteiger partial charge in [-0.25, -0.2) is 4.98 Å². The number of hydrogen-bond donors (Lipinski definition) is 2. The normalized spacial score (nSPS) is 15.0. The quantitative estimate of drug-likeness (QED) is 0.362. The van der Waals surface area contributed by atoms with Gasteiger partial charge in [-0.2, -0.15) is 0 Å². The topological polar surface area (TPSA) is 49.8 Å². The van der Waals surface area contributed by atoms with E-state index in [4.69, 9.17) is 9.97 Å². The van der Waals surface area contributed by atoms with E-state index in [1.807, 2.05) is 19.2 Å². The molecule has 0 saturated heterocycles. The third kappa shape index (κ3) is 6.45. The predicted molar refractivity (Wildman–Crippen MR) is 159 cm³/mol. The molecule has 4 heteroatoms. The maximum absolute atomic E-state index is 4.94. The predicted octanol–water partition coefficient (Wildman–Crippen LogP) is 6.45. The first kappa shape index (κ1) is 26.2. The third-order valence-corrected chi connectivity index (χ3v) is 6.76. The largest absolute Gasteiger partial charge is 0.367 e.